The second-order valence-corrected chi connectivity index (χ2v) is 4.29. The van der Waals surface area contributed by atoms with Crippen LogP contribution in [0.5, 0.6) is 0 Å². The van der Waals surface area contributed by atoms with Crippen molar-refractivity contribution in [2.24, 2.45) is 0 Å². The molecule has 1 nitrogen and oxygen atoms in total. The molecule has 19 heavy (non-hydrogen) atoms. The Morgan fingerprint density at radius 3 is 1.42 bits per heavy atom. The third-order valence-corrected chi connectivity index (χ3v) is 2.97. The van der Waals surface area contributed by atoms with Gasteiger partial charge in [-0.1, -0.05) is 60.7 Å². The number of aliphatic hydroxyl groups excluding tert-OH is 1. The molecular formula is C15H13F3O. The van der Waals surface area contributed by atoms with E-state index in [2.05, 4.69) is 0 Å². The Labute approximate surface area is 109 Å². The first kappa shape index (κ1) is 13.6. The maximum atomic E-state index is 12.8. The first-order valence-electron chi connectivity index (χ1n) is 5.85. The predicted octanol–water partition coefficient (Wildman–Crippen LogP) is 3.74. The number of benzene rings is 2. The van der Waals surface area contributed by atoms with Gasteiger partial charge in [0.1, 0.15) is 0 Å². The van der Waals surface area contributed by atoms with Crippen LogP contribution in [0.25, 0.3) is 0 Å². The molecule has 0 aliphatic rings. The highest BCUT2D eigenvalue weighted by molar-refractivity contribution is 5.34. The van der Waals surface area contributed by atoms with Gasteiger partial charge in [0.05, 0.1) is 0 Å². The lowest BCUT2D eigenvalue weighted by Gasteiger charge is -2.25. The van der Waals surface area contributed by atoms with Crippen LogP contribution in [-0.4, -0.2) is 17.4 Å². The van der Waals surface area contributed by atoms with Crippen LogP contribution in [0.2, 0.25) is 0 Å². The largest absolute Gasteiger partial charge is 0.415 e. The third-order valence-electron chi connectivity index (χ3n) is 2.97. The molecule has 2 rings (SSSR count). The Morgan fingerprint density at radius 1 is 0.737 bits per heavy atom. The third kappa shape index (κ3) is 3.15. The van der Waals surface area contributed by atoms with E-state index in [-0.39, 0.29) is 0 Å². The first-order valence-corrected chi connectivity index (χ1v) is 5.85. The van der Waals surface area contributed by atoms with Crippen molar-refractivity contribution in [3.8, 4) is 0 Å². The highest BCUT2D eigenvalue weighted by atomic mass is 19.4. The molecule has 0 heterocycles. The number of aliphatic hydroxyl groups is 1. The van der Waals surface area contributed by atoms with E-state index in [1.165, 1.54) is 0 Å². The fourth-order valence-corrected chi connectivity index (χ4v) is 2.07. The number of hydrogen-bond donors (Lipinski definition) is 1. The van der Waals surface area contributed by atoms with E-state index in [4.69, 9.17) is 0 Å². The SMILES string of the molecule is O[C@H](C(c1ccccc1)c1ccccc1)C(F)(F)F. The topological polar surface area (TPSA) is 20.2 Å². The molecule has 0 unspecified atom stereocenters. The molecule has 0 aliphatic heterocycles. The minimum Gasteiger partial charge on any atom is -0.383 e. The van der Waals surface area contributed by atoms with E-state index in [9.17, 15) is 18.3 Å². The van der Waals surface area contributed by atoms with Crippen molar-refractivity contribution in [2.45, 2.75) is 18.2 Å². The maximum Gasteiger partial charge on any atom is 0.415 e. The van der Waals surface area contributed by atoms with Gasteiger partial charge < -0.3 is 5.11 Å². The molecule has 0 aromatic heterocycles. The van der Waals surface area contributed by atoms with Crippen LogP contribution >= 0.6 is 0 Å². The number of halogens is 3. The summed E-state index contributed by atoms with van der Waals surface area (Å²) in [5.74, 6) is -1.11. The van der Waals surface area contributed by atoms with Gasteiger partial charge in [-0.05, 0) is 11.1 Å². The summed E-state index contributed by atoms with van der Waals surface area (Å²) >= 11 is 0. The smallest absolute Gasteiger partial charge is 0.383 e. The second kappa shape index (κ2) is 5.45. The maximum absolute atomic E-state index is 12.8. The van der Waals surface area contributed by atoms with Gasteiger partial charge in [-0.2, -0.15) is 13.2 Å². The van der Waals surface area contributed by atoms with Crippen LogP contribution in [0.4, 0.5) is 13.2 Å². The lowest BCUT2D eigenvalue weighted by atomic mass is 9.86. The summed E-state index contributed by atoms with van der Waals surface area (Å²) in [4.78, 5) is 0. The molecule has 0 saturated carbocycles. The Morgan fingerprint density at radius 2 is 1.11 bits per heavy atom. The normalized spacial score (nSPS) is 13.5. The van der Waals surface area contributed by atoms with Crippen LogP contribution in [0.15, 0.2) is 60.7 Å². The van der Waals surface area contributed by atoms with Crippen molar-refractivity contribution in [3.63, 3.8) is 0 Å². The van der Waals surface area contributed by atoms with Crippen molar-refractivity contribution in [2.75, 3.05) is 0 Å². The summed E-state index contributed by atoms with van der Waals surface area (Å²) in [6.07, 6.45) is -7.08. The number of alkyl halides is 3. The van der Waals surface area contributed by atoms with Crippen molar-refractivity contribution >= 4 is 0 Å². The molecule has 0 aliphatic carbocycles. The molecule has 2 aromatic rings. The summed E-state index contributed by atoms with van der Waals surface area (Å²) < 4.78 is 38.5. The summed E-state index contributed by atoms with van der Waals surface area (Å²) in [5.41, 5.74) is 0.886. The van der Waals surface area contributed by atoms with Crippen LogP contribution in [0.1, 0.15) is 17.0 Å². The van der Waals surface area contributed by atoms with Gasteiger partial charge in [-0.15, -0.1) is 0 Å². The average molecular weight is 266 g/mol. The molecule has 0 radical (unpaired) electrons. The first-order chi connectivity index (χ1) is 9.00. The van der Waals surface area contributed by atoms with Crippen LogP contribution in [0.3, 0.4) is 0 Å². The lowest BCUT2D eigenvalue weighted by molar-refractivity contribution is -0.207. The highest BCUT2D eigenvalue weighted by Crippen LogP contribution is 2.36. The van der Waals surface area contributed by atoms with Gasteiger partial charge in [0, 0.05) is 5.92 Å². The van der Waals surface area contributed by atoms with Crippen molar-refractivity contribution in [1.29, 1.82) is 0 Å². The molecule has 4 heteroatoms. The molecule has 0 spiro atoms. The molecular weight excluding hydrogens is 253 g/mol. The summed E-state index contributed by atoms with van der Waals surface area (Å²) in [6, 6.07) is 16.5. The predicted molar refractivity (Wildman–Crippen MR) is 66.8 cm³/mol. The molecule has 100 valence electrons. The highest BCUT2D eigenvalue weighted by Gasteiger charge is 2.44. The average Bonchev–Trinajstić information content (AvgIpc) is 2.40. The zero-order valence-electron chi connectivity index (χ0n) is 10.0. The molecule has 0 bridgehead atoms. The Kier molecular flexibility index (Phi) is 3.90. The molecule has 0 saturated heterocycles. The molecule has 0 amide bonds. The molecule has 2 aromatic carbocycles. The van der Waals surface area contributed by atoms with Crippen LogP contribution in [0, 0.1) is 0 Å². The number of rotatable bonds is 3. The monoisotopic (exact) mass is 266 g/mol. The van der Waals surface area contributed by atoms with E-state index in [1.54, 1.807) is 60.7 Å². The van der Waals surface area contributed by atoms with Crippen LogP contribution < -0.4 is 0 Å². The standard InChI is InChI=1S/C15H13F3O/c16-15(17,18)14(19)13(11-7-3-1-4-8-11)12-9-5-2-6-10-12/h1-10,13-14,19H/t14-/m1/s1. The fraction of sp³-hybridized carbons (Fsp3) is 0.200. The minimum atomic E-state index is -4.66. The molecule has 1 N–H and O–H groups in total. The van der Waals surface area contributed by atoms with E-state index in [0.717, 1.165) is 0 Å². The van der Waals surface area contributed by atoms with E-state index in [0.29, 0.717) is 11.1 Å². The summed E-state index contributed by atoms with van der Waals surface area (Å²) in [5, 5.41) is 9.63. The van der Waals surface area contributed by atoms with Gasteiger partial charge in [0.15, 0.2) is 6.10 Å². The minimum absolute atomic E-state index is 0.443. The van der Waals surface area contributed by atoms with Gasteiger partial charge in [-0.25, -0.2) is 0 Å². The Hall–Kier alpha value is -1.81. The van der Waals surface area contributed by atoms with E-state index >= 15 is 0 Å². The van der Waals surface area contributed by atoms with Crippen molar-refractivity contribution in [3.05, 3.63) is 71.8 Å². The van der Waals surface area contributed by atoms with Gasteiger partial charge in [0.2, 0.25) is 0 Å². The van der Waals surface area contributed by atoms with Crippen LogP contribution in [-0.2, 0) is 0 Å². The van der Waals surface area contributed by atoms with E-state index < -0.39 is 18.2 Å². The van der Waals surface area contributed by atoms with Gasteiger partial charge >= 0.3 is 6.18 Å². The van der Waals surface area contributed by atoms with Gasteiger partial charge in [-0.3, -0.25) is 0 Å². The summed E-state index contributed by atoms with van der Waals surface area (Å²) in [6.45, 7) is 0. The summed E-state index contributed by atoms with van der Waals surface area (Å²) in [7, 11) is 0. The van der Waals surface area contributed by atoms with Crippen molar-refractivity contribution in [1.82, 2.24) is 0 Å². The van der Waals surface area contributed by atoms with Crippen molar-refractivity contribution < 1.29 is 18.3 Å². The van der Waals surface area contributed by atoms with E-state index in [1.807, 2.05) is 0 Å². The quantitative estimate of drug-likeness (QED) is 0.897. The van der Waals surface area contributed by atoms with Gasteiger partial charge in [0.25, 0.3) is 0 Å². The fourth-order valence-electron chi connectivity index (χ4n) is 2.07. The number of hydrogen-bond acceptors (Lipinski definition) is 1. The zero-order chi connectivity index (χ0) is 13.9. The Bertz CT molecular complexity index is 468. The molecule has 0 fully saturated rings. The zero-order valence-corrected chi connectivity index (χ0v) is 10.0. The molecule has 1 atom stereocenters. The lowest BCUT2D eigenvalue weighted by Crippen LogP contribution is -2.35. The Balaban J connectivity index is 2.46. The second-order valence-electron chi connectivity index (χ2n) is 4.29.